The van der Waals surface area contributed by atoms with Gasteiger partial charge in [0.25, 0.3) is 0 Å². The lowest BCUT2D eigenvalue weighted by Crippen LogP contribution is -2.21. The van der Waals surface area contributed by atoms with Crippen LogP contribution in [0, 0.1) is 5.82 Å². The molecule has 0 aliphatic heterocycles. The molecule has 0 bridgehead atoms. The van der Waals surface area contributed by atoms with E-state index in [1.54, 1.807) is 30.7 Å². The summed E-state index contributed by atoms with van der Waals surface area (Å²) in [6.45, 7) is 0.724. The number of hydrogen-bond acceptors (Lipinski definition) is 8. The lowest BCUT2D eigenvalue weighted by Gasteiger charge is -2.10. The molecule has 5 aromatic heterocycles. The van der Waals surface area contributed by atoms with Crippen LogP contribution in [0.3, 0.4) is 0 Å². The van der Waals surface area contributed by atoms with E-state index in [0.29, 0.717) is 39.4 Å². The molecule has 0 saturated carbocycles. The summed E-state index contributed by atoms with van der Waals surface area (Å²) in [6, 6.07) is 10.2. The summed E-state index contributed by atoms with van der Waals surface area (Å²) in [5.41, 5.74) is 6.74. The lowest BCUT2D eigenvalue weighted by atomic mass is 10.0. The van der Waals surface area contributed by atoms with Crippen LogP contribution in [-0.2, 0) is 23.1 Å². The fraction of sp³-hybridized carbons (Fsp3) is 0.179. The summed E-state index contributed by atoms with van der Waals surface area (Å²) in [5.74, 6) is -0.00538. The van der Waals surface area contributed by atoms with Crippen molar-refractivity contribution in [1.82, 2.24) is 44.7 Å². The number of benzene rings is 1. The van der Waals surface area contributed by atoms with E-state index in [9.17, 15) is 12.8 Å². The van der Waals surface area contributed by atoms with E-state index < -0.39 is 15.8 Å². The van der Waals surface area contributed by atoms with Gasteiger partial charge in [0.1, 0.15) is 17.0 Å². The Bertz CT molecular complexity index is 2020. The number of hydrogen-bond donors (Lipinski definition) is 3. The smallest absolute Gasteiger partial charge is 0.209 e. The Hall–Kier alpha value is -4.59. The zero-order valence-corrected chi connectivity index (χ0v) is 23.3. The molecule has 5 heterocycles. The quantitative estimate of drug-likeness (QED) is 0.250. The molecular formula is C28H26FN9O2S. The predicted molar refractivity (Wildman–Crippen MR) is 154 cm³/mol. The fourth-order valence-electron chi connectivity index (χ4n) is 4.71. The number of pyridine rings is 3. The highest BCUT2D eigenvalue weighted by Gasteiger charge is 2.18. The maximum Gasteiger partial charge on any atom is 0.209 e. The van der Waals surface area contributed by atoms with Crippen molar-refractivity contribution in [3.63, 3.8) is 0 Å². The fourth-order valence-corrected chi connectivity index (χ4v) is 5.14. The van der Waals surface area contributed by atoms with Crippen molar-refractivity contribution < 1.29 is 12.8 Å². The van der Waals surface area contributed by atoms with Crippen molar-refractivity contribution >= 4 is 32.1 Å². The van der Waals surface area contributed by atoms with Crippen molar-refractivity contribution in [3.05, 3.63) is 78.1 Å². The molecule has 0 atom stereocenters. The summed E-state index contributed by atoms with van der Waals surface area (Å²) in [4.78, 5) is 23.5. The summed E-state index contributed by atoms with van der Waals surface area (Å²) in [7, 11) is 0.577. The van der Waals surface area contributed by atoms with Gasteiger partial charge in [0, 0.05) is 48.2 Å². The van der Waals surface area contributed by atoms with Gasteiger partial charge >= 0.3 is 0 Å². The molecule has 13 heteroatoms. The lowest BCUT2D eigenvalue weighted by molar-refractivity contribution is 0.402. The van der Waals surface area contributed by atoms with Gasteiger partial charge in [0.2, 0.25) is 10.0 Å². The van der Waals surface area contributed by atoms with Crippen molar-refractivity contribution in [2.45, 2.75) is 13.1 Å². The molecule has 41 heavy (non-hydrogen) atoms. The zero-order chi connectivity index (χ0) is 28.7. The first kappa shape index (κ1) is 26.6. The molecule has 1 aromatic carbocycles. The molecule has 6 rings (SSSR count). The largest absolute Gasteiger partial charge is 0.321 e. The van der Waals surface area contributed by atoms with Crippen LogP contribution in [0.5, 0.6) is 0 Å². The van der Waals surface area contributed by atoms with Crippen LogP contribution in [0.4, 0.5) is 4.39 Å². The van der Waals surface area contributed by atoms with Crippen LogP contribution >= 0.6 is 0 Å². The highest BCUT2D eigenvalue weighted by atomic mass is 32.2. The van der Waals surface area contributed by atoms with Crippen molar-refractivity contribution in [2.24, 2.45) is 0 Å². The molecule has 0 unspecified atom stereocenters. The Kier molecular flexibility index (Phi) is 6.77. The second-order valence-corrected chi connectivity index (χ2v) is 11.9. The topological polar surface area (TPSA) is 145 Å². The van der Waals surface area contributed by atoms with E-state index in [1.165, 1.54) is 12.1 Å². The van der Waals surface area contributed by atoms with Crippen LogP contribution < -0.4 is 4.72 Å². The minimum Gasteiger partial charge on any atom is -0.321 e. The molecule has 11 nitrogen and oxygen atoms in total. The van der Waals surface area contributed by atoms with Gasteiger partial charge in [-0.2, -0.15) is 5.10 Å². The second kappa shape index (κ2) is 10.4. The summed E-state index contributed by atoms with van der Waals surface area (Å²) in [5, 5.41) is 8.32. The Morgan fingerprint density at radius 1 is 1.00 bits per heavy atom. The number of aromatic amines is 2. The van der Waals surface area contributed by atoms with E-state index >= 15 is 0 Å². The number of fused-ring (bicyclic) bond motifs is 2. The van der Waals surface area contributed by atoms with Gasteiger partial charge in [0.05, 0.1) is 23.7 Å². The van der Waals surface area contributed by atoms with E-state index in [4.69, 9.17) is 4.98 Å². The number of nitrogens with one attached hydrogen (secondary N) is 3. The van der Waals surface area contributed by atoms with Crippen molar-refractivity contribution in [3.8, 4) is 33.9 Å². The number of halogens is 1. The molecule has 0 amide bonds. The third kappa shape index (κ3) is 5.68. The first-order valence-electron chi connectivity index (χ1n) is 12.7. The summed E-state index contributed by atoms with van der Waals surface area (Å²) >= 11 is 0. The Morgan fingerprint density at radius 3 is 2.63 bits per heavy atom. The third-order valence-electron chi connectivity index (χ3n) is 6.45. The van der Waals surface area contributed by atoms with Crippen molar-refractivity contribution in [1.29, 1.82) is 0 Å². The van der Waals surface area contributed by atoms with E-state index in [0.717, 1.165) is 40.5 Å². The van der Waals surface area contributed by atoms with Gasteiger partial charge in [-0.25, -0.2) is 27.5 Å². The normalized spacial score (nSPS) is 12.1. The molecule has 0 radical (unpaired) electrons. The van der Waals surface area contributed by atoms with Gasteiger partial charge in [-0.15, -0.1) is 0 Å². The first-order chi connectivity index (χ1) is 19.6. The SMILES string of the molecule is CN(C)Cc1cncc(-c2cc3c(-c4nc5c(-c6cc(F)cc(CNS(C)(=O)=O)c6)ccnc5[nH]4)n[nH]c3cn2)c1. The first-order valence-corrected chi connectivity index (χ1v) is 14.5. The van der Waals surface area contributed by atoms with Gasteiger partial charge in [0.15, 0.2) is 11.5 Å². The minimum atomic E-state index is -3.43. The standard InChI is InChI=1S/C28H26FN9O2S/c1-38(2)15-17-7-19(13-30-11-17)23-10-22-24(14-32-23)36-37-26(22)28-34-25-21(4-5-31-27(25)35-28)18-6-16(8-20(29)9-18)12-33-41(3,39)40/h4-11,13-14,33H,12,15H2,1-3H3,(H,36,37)(H,31,34,35). The number of H-pyrrole nitrogens is 2. The summed E-state index contributed by atoms with van der Waals surface area (Å²) in [6.07, 6.45) is 8.02. The number of aromatic nitrogens is 7. The van der Waals surface area contributed by atoms with Gasteiger partial charge < -0.3 is 9.88 Å². The number of rotatable bonds is 8. The van der Waals surface area contributed by atoms with Crippen LogP contribution in [-0.4, -0.2) is 68.8 Å². The predicted octanol–water partition coefficient (Wildman–Crippen LogP) is 3.88. The average Bonchev–Trinajstić information content (AvgIpc) is 3.54. The molecule has 0 saturated heterocycles. The second-order valence-electron chi connectivity index (χ2n) is 10.1. The monoisotopic (exact) mass is 571 g/mol. The van der Waals surface area contributed by atoms with Gasteiger partial charge in [-0.3, -0.25) is 15.1 Å². The zero-order valence-electron chi connectivity index (χ0n) is 22.5. The van der Waals surface area contributed by atoms with Gasteiger partial charge in [-0.05, 0) is 67.2 Å². The van der Waals surface area contributed by atoms with Crippen LogP contribution in [0.2, 0.25) is 0 Å². The minimum absolute atomic E-state index is 0.0349. The molecule has 0 fully saturated rings. The Balaban J connectivity index is 1.40. The van der Waals surface area contributed by atoms with Crippen LogP contribution in [0.25, 0.3) is 56.0 Å². The highest BCUT2D eigenvalue weighted by Crippen LogP contribution is 2.32. The third-order valence-corrected chi connectivity index (χ3v) is 7.12. The molecule has 3 N–H and O–H groups in total. The number of sulfonamides is 1. The van der Waals surface area contributed by atoms with E-state index in [2.05, 4.69) is 45.8 Å². The molecule has 6 aromatic rings. The maximum atomic E-state index is 14.6. The number of imidazole rings is 1. The van der Waals surface area contributed by atoms with Crippen LogP contribution in [0.15, 0.2) is 61.2 Å². The van der Waals surface area contributed by atoms with Crippen LogP contribution in [0.1, 0.15) is 11.1 Å². The van der Waals surface area contributed by atoms with Crippen molar-refractivity contribution in [2.75, 3.05) is 20.4 Å². The number of nitrogens with zero attached hydrogens (tertiary/aromatic N) is 6. The molecular weight excluding hydrogens is 545 g/mol. The molecule has 0 aliphatic carbocycles. The summed E-state index contributed by atoms with van der Waals surface area (Å²) < 4.78 is 40.0. The molecule has 0 spiro atoms. The molecule has 208 valence electrons. The van der Waals surface area contributed by atoms with E-state index in [1.807, 2.05) is 26.4 Å². The van der Waals surface area contributed by atoms with E-state index in [-0.39, 0.29) is 6.54 Å². The average molecular weight is 572 g/mol. The maximum absolute atomic E-state index is 14.6. The Morgan fingerprint density at radius 2 is 1.83 bits per heavy atom. The highest BCUT2D eigenvalue weighted by molar-refractivity contribution is 7.88. The van der Waals surface area contributed by atoms with Gasteiger partial charge in [-0.1, -0.05) is 0 Å². The Labute approximate surface area is 235 Å². The molecule has 0 aliphatic rings.